The Balaban J connectivity index is 2.51. The van der Waals surface area contributed by atoms with Crippen LogP contribution < -0.4 is 5.73 Å². The summed E-state index contributed by atoms with van der Waals surface area (Å²) >= 11 is 0. The summed E-state index contributed by atoms with van der Waals surface area (Å²) in [6, 6.07) is 7.97. The van der Waals surface area contributed by atoms with Crippen LogP contribution in [0.2, 0.25) is 0 Å². The number of benzene rings is 1. The van der Waals surface area contributed by atoms with E-state index < -0.39 is 0 Å². The van der Waals surface area contributed by atoms with Gasteiger partial charge in [0.1, 0.15) is 11.9 Å². The molecule has 0 amide bonds. The van der Waals surface area contributed by atoms with Crippen molar-refractivity contribution in [3.05, 3.63) is 36.3 Å². The van der Waals surface area contributed by atoms with Gasteiger partial charge in [0.15, 0.2) is 0 Å². The van der Waals surface area contributed by atoms with Crippen molar-refractivity contribution in [1.82, 2.24) is 0 Å². The molecule has 14 heavy (non-hydrogen) atoms. The zero-order chi connectivity index (χ0) is 9.97. The summed E-state index contributed by atoms with van der Waals surface area (Å²) in [6.45, 7) is 0.425. The Morgan fingerprint density at radius 1 is 1.43 bits per heavy atom. The molecule has 3 heteroatoms. The molecule has 1 aromatic carbocycles. The maximum absolute atomic E-state index is 5.58. The average molecular weight is 191 g/mol. The molecule has 0 radical (unpaired) electrons. The molecule has 1 aromatic heterocycles. The molecule has 0 spiro atoms. The molecule has 0 saturated heterocycles. The highest BCUT2D eigenvalue weighted by Crippen LogP contribution is 2.27. The molecule has 2 N–H and O–H groups in total. The van der Waals surface area contributed by atoms with Gasteiger partial charge in [0.05, 0.1) is 6.26 Å². The number of methoxy groups -OCH3 is 1. The van der Waals surface area contributed by atoms with Crippen LogP contribution in [0.25, 0.3) is 10.8 Å². The standard InChI is InChI=1S/C11H13NO2/c1-13-10(6-12)11-9-5-3-2-4-8(9)7-14-11/h2-5,7,10H,6,12H2,1H3. The summed E-state index contributed by atoms with van der Waals surface area (Å²) in [4.78, 5) is 0. The van der Waals surface area contributed by atoms with E-state index in [1.165, 1.54) is 0 Å². The van der Waals surface area contributed by atoms with Crippen LogP contribution >= 0.6 is 0 Å². The minimum atomic E-state index is -0.158. The summed E-state index contributed by atoms with van der Waals surface area (Å²) in [5.41, 5.74) is 5.58. The van der Waals surface area contributed by atoms with E-state index in [0.717, 1.165) is 16.5 Å². The van der Waals surface area contributed by atoms with Gasteiger partial charge >= 0.3 is 0 Å². The normalized spacial score (nSPS) is 13.3. The van der Waals surface area contributed by atoms with Crippen molar-refractivity contribution >= 4 is 10.8 Å². The highest BCUT2D eigenvalue weighted by Gasteiger charge is 2.15. The third-order valence-corrected chi connectivity index (χ3v) is 2.33. The van der Waals surface area contributed by atoms with Gasteiger partial charge in [-0.05, 0) is 0 Å². The van der Waals surface area contributed by atoms with E-state index in [1.54, 1.807) is 13.4 Å². The van der Waals surface area contributed by atoms with Crippen LogP contribution in [0, 0.1) is 0 Å². The topological polar surface area (TPSA) is 48.4 Å². The number of rotatable bonds is 3. The number of hydrogen-bond acceptors (Lipinski definition) is 3. The lowest BCUT2D eigenvalue weighted by Crippen LogP contribution is -2.13. The Hall–Kier alpha value is -1.32. The van der Waals surface area contributed by atoms with Gasteiger partial charge in [0.25, 0.3) is 0 Å². The van der Waals surface area contributed by atoms with Crippen molar-refractivity contribution in [3.8, 4) is 0 Å². The second-order valence-corrected chi connectivity index (χ2v) is 3.15. The van der Waals surface area contributed by atoms with Crippen LogP contribution in [0.5, 0.6) is 0 Å². The molecule has 0 bridgehead atoms. The molecule has 0 saturated carbocycles. The van der Waals surface area contributed by atoms with Crippen LogP contribution in [-0.2, 0) is 4.74 Å². The van der Waals surface area contributed by atoms with Gasteiger partial charge in [0, 0.05) is 24.4 Å². The molecular formula is C11H13NO2. The fraction of sp³-hybridized carbons (Fsp3) is 0.273. The number of nitrogens with two attached hydrogens (primary N) is 1. The SMILES string of the molecule is COC(CN)c1occ2ccccc12. The summed E-state index contributed by atoms with van der Waals surface area (Å²) in [5.74, 6) is 0.811. The Kier molecular flexibility index (Phi) is 2.52. The smallest absolute Gasteiger partial charge is 0.141 e. The van der Waals surface area contributed by atoms with Gasteiger partial charge in [-0.2, -0.15) is 0 Å². The van der Waals surface area contributed by atoms with Gasteiger partial charge < -0.3 is 14.9 Å². The lowest BCUT2D eigenvalue weighted by molar-refractivity contribution is 0.0924. The lowest BCUT2D eigenvalue weighted by Gasteiger charge is -2.09. The highest BCUT2D eigenvalue weighted by atomic mass is 16.5. The minimum Gasteiger partial charge on any atom is -0.465 e. The molecule has 1 atom stereocenters. The molecule has 74 valence electrons. The second-order valence-electron chi connectivity index (χ2n) is 3.15. The largest absolute Gasteiger partial charge is 0.465 e. The first-order valence-electron chi connectivity index (χ1n) is 4.55. The highest BCUT2D eigenvalue weighted by molar-refractivity contribution is 5.84. The van der Waals surface area contributed by atoms with Crippen molar-refractivity contribution in [2.24, 2.45) is 5.73 Å². The number of ether oxygens (including phenoxy) is 1. The van der Waals surface area contributed by atoms with Gasteiger partial charge in [-0.25, -0.2) is 0 Å². The van der Waals surface area contributed by atoms with E-state index in [1.807, 2.05) is 24.3 Å². The van der Waals surface area contributed by atoms with Crippen LogP contribution in [0.3, 0.4) is 0 Å². The van der Waals surface area contributed by atoms with E-state index in [0.29, 0.717) is 6.54 Å². The number of hydrogen-bond donors (Lipinski definition) is 1. The molecule has 0 aliphatic carbocycles. The molecule has 0 aliphatic heterocycles. The van der Waals surface area contributed by atoms with Crippen molar-refractivity contribution in [1.29, 1.82) is 0 Å². The summed E-state index contributed by atoms with van der Waals surface area (Å²) < 4.78 is 10.7. The maximum atomic E-state index is 5.58. The summed E-state index contributed by atoms with van der Waals surface area (Å²) in [7, 11) is 1.63. The molecule has 2 rings (SSSR count). The van der Waals surface area contributed by atoms with Crippen LogP contribution in [-0.4, -0.2) is 13.7 Å². The molecule has 3 nitrogen and oxygen atoms in total. The Morgan fingerprint density at radius 3 is 2.93 bits per heavy atom. The van der Waals surface area contributed by atoms with E-state index >= 15 is 0 Å². The summed E-state index contributed by atoms with van der Waals surface area (Å²) in [6.07, 6.45) is 1.57. The Labute approximate surface area is 82.5 Å². The van der Waals surface area contributed by atoms with Crippen LogP contribution in [0.15, 0.2) is 34.9 Å². The van der Waals surface area contributed by atoms with Crippen molar-refractivity contribution in [2.45, 2.75) is 6.10 Å². The van der Waals surface area contributed by atoms with E-state index in [4.69, 9.17) is 14.9 Å². The maximum Gasteiger partial charge on any atom is 0.141 e. The van der Waals surface area contributed by atoms with Crippen molar-refractivity contribution in [2.75, 3.05) is 13.7 Å². The fourth-order valence-corrected chi connectivity index (χ4v) is 1.57. The van der Waals surface area contributed by atoms with Crippen LogP contribution in [0.1, 0.15) is 11.9 Å². The third kappa shape index (κ3) is 1.41. The Morgan fingerprint density at radius 2 is 2.21 bits per heavy atom. The third-order valence-electron chi connectivity index (χ3n) is 2.33. The monoisotopic (exact) mass is 191 g/mol. The van der Waals surface area contributed by atoms with E-state index in [9.17, 15) is 0 Å². The first-order chi connectivity index (χ1) is 6.86. The minimum absolute atomic E-state index is 0.158. The van der Waals surface area contributed by atoms with Crippen molar-refractivity contribution < 1.29 is 9.15 Å². The average Bonchev–Trinajstić information content (AvgIpc) is 2.65. The molecule has 2 aromatic rings. The molecule has 0 fully saturated rings. The van der Waals surface area contributed by atoms with Crippen molar-refractivity contribution in [3.63, 3.8) is 0 Å². The van der Waals surface area contributed by atoms with Gasteiger partial charge in [-0.1, -0.05) is 24.3 Å². The second kappa shape index (κ2) is 3.82. The zero-order valence-electron chi connectivity index (χ0n) is 8.07. The predicted octanol–water partition coefficient (Wildman–Crippen LogP) is 2.08. The first-order valence-corrected chi connectivity index (χ1v) is 4.55. The molecule has 1 heterocycles. The van der Waals surface area contributed by atoms with Gasteiger partial charge in [-0.15, -0.1) is 0 Å². The number of fused-ring (bicyclic) bond motifs is 1. The summed E-state index contributed by atoms with van der Waals surface area (Å²) in [5, 5.41) is 2.16. The van der Waals surface area contributed by atoms with Gasteiger partial charge in [0.2, 0.25) is 0 Å². The Bertz CT molecular complexity index is 418. The fourth-order valence-electron chi connectivity index (χ4n) is 1.57. The quantitative estimate of drug-likeness (QED) is 0.808. The molecule has 0 aliphatic rings. The van der Waals surface area contributed by atoms with Crippen LogP contribution in [0.4, 0.5) is 0 Å². The molecule has 1 unspecified atom stereocenters. The zero-order valence-corrected chi connectivity index (χ0v) is 8.07. The first kappa shape index (κ1) is 9.24. The molecular weight excluding hydrogens is 178 g/mol. The number of furan rings is 1. The van der Waals surface area contributed by atoms with E-state index in [2.05, 4.69) is 0 Å². The lowest BCUT2D eigenvalue weighted by atomic mass is 10.1. The van der Waals surface area contributed by atoms with Gasteiger partial charge in [-0.3, -0.25) is 0 Å². The van der Waals surface area contributed by atoms with E-state index in [-0.39, 0.29) is 6.10 Å². The predicted molar refractivity (Wildman–Crippen MR) is 55.0 cm³/mol.